The van der Waals surface area contributed by atoms with Crippen molar-refractivity contribution in [2.75, 3.05) is 6.61 Å². The molecule has 0 spiro atoms. The van der Waals surface area contributed by atoms with Crippen LogP contribution in [-0.4, -0.2) is 11.7 Å². The molecule has 0 aliphatic carbocycles. The smallest absolute Gasteiger partial charge is 0.134 e. The van der Waals surface area contributed by atoms with Gasteiger partial charge in [0, 0.05) is 11.8 Å². The first-order valence-corrected chi connectivity index (χ1v) is 4.41. The highest BCUT2D eigenvalue weighted by Gasteiger charge is 2.08. The van der Waals surface area contributed by atoms with Crippen LogP contribution in [0.4, 0.5) is 0 Å². The summed E-state index contributed by atoms with van der Waals surface area (Å²) in [7, 11) is 0. The molecule has 68 valence electrons. The largest absolute Gasteiger partial charge is 0.461 e. The van der Waals surface area contributed by atoms with Gasteiger partial charge in [0.15, 0.2) is 0 Å². The number of para-hydroxylation sites is 1. The molecule has 2 heteroatoms. The fourth-order valence-corrected chi connectivity index (χ4v) is 1.56. The van der Waals surface area contributed by atoms with Gasteiger partial charge in [-0.05, 0) is 18.6 Å². The third-order valence-electron chi connectivity index (χ3n) is 2.28. The van der Waals surface area contributed by atoms with Gasteiger partial charge in [0.05, 0.1) is 6.61 Å². The van der Waals surface area contributed by atoms with Crippen molar-refractivity contribution in [3.63, 3.8) is 0 Å². The van der Waals surface area contributed by atoms with Crippen LogP contribution in [0.15, 0.2) is 28.7 Å². The fraction of sp³-hybridized carbons (Fsp3) is 0.273. The number of aliphatic hydroxyl groups excluding tert-OH is 1. The maximum absolute atomic E-state index is 8.81. The molecule has 0 bridgehead atoms. The molecule has 0 amide bonds. The third-order valence-corrected chi connectivity index (χ3v) is 2.28. The highest BCUT2D eigenvalue weighted by molar-refractivity contribution is 5.81. The van der Waals surface area contributed by atoms with Crippen LogP contribution in [-0.2, 0) is 6.42 Å². The van der Waals surface area contributed by atoms with Gasteiger partial charge in [-0.15, -0.1) is 0 Å². The zero-order chi connectivity index (χ0) is 9.26. The maximum Gasteiger partial charge on any atom is 0.134 e. The van der Waals surface area contributed by atoms with E-state index in [1.54, 1.807) is 0 Å². The first kappa shape index (κ1) is 8.32. The number of rotatable bonds is 2. The fourth-order valence-electron chi connectivity index (χ4n) is 1.56. The van der Waals surface area contributed by atoms with Crippen LogP contribution >= 0.6 is 0 Å². The molecule has 0 radical (unpaired) electrons. The Morgan fingerprint density at radius 3 is 2.77 bits per heavy atom. The average Bonchev–Trinajstić information content (AvgIpc) is 2.46. The van der Waals surface area contributed by atoms with Crippen LogP contribution < -0.4 is 0 Å². The minimum Gasteiger partial charge on any atom is -0.461 e. The van der Waals surface area contributed by atoms with Gasteiger partial charge in [0.1, 0.15) is 11.3 Å². The van der Waals surface area contributed by atoms with Gasteiger partial charge < -0.3 is 9.52 Å². The van der Waals surface area contributed by atoms with Crippen molar-refractivity contribution in [1.82, 2.24) is 0 Å². The molecule has 0 fully saturated rings. The predicted octanol–water partition coefficient (Wildman–Crippen LogP) is 2.28. The summed E-state index contributed by atoms with van der Waals surface area (Å²) in [6.45, 7) is 2.16. The summed E-state index contributed by atoms with van der Waals surface area (Å²) in [5.74, 6) is 0.892. The van der Waals surface area contributed by atoms with Gasteiger partial charge in [-0.2, -0.15) is 0 Å². The summed E-state index contributed by atoms with van der Waals surface area (Å²) in [5.41, 5.74) is 2.05. The molecule has 13 heavy (non-hydrogen) atoms. The molecule has 2 rings (SSSR count). The zero-order valence-electron chi connectivity index (χ0n) is 7.58. The number of benzene rings is 1. The Bertz CT molecular complexity index is 415. The summed E-state index contributed by atoms with van der Waals surface area (Å²) in [5, 5.41) is 9.95. The molecule has 1 aromatic heterocycles. The lowest BCUT2D eigenvalue weighted by molar-refractivity contribution is 0.289. The van der Waals surface area contributed by atoms with Crippen molar-refractivity contribution in [3.05, 3.63) is 35.6 Å². The summed E-state index contributed by atoms with van der Waals surface area (Å²) >= 11 is 0. The SMILES string of the molecule is Cc1c(CCO)oc2ccccc12. The van der Waals surface area contributed by atoms with E-state index in [-0.39, 0.29) is 6.61 Å². The lowest BCUT2D eigenvalue weighted by Gasteiger charge is -1.92. The third kappa shape index (κ3) is 1.33. The number of furan rings is 1. The van der Waals surface area contributed by atoms with Crippen molar-refractivity contribution in [3.8, 4) is 0 Å². The quantitative estimate of drug-likeness (QED) is 0.761. The summed E-state index contributed by atoms with van der Waals surface area (Å²) in [6.07, 6.45) is 0.598. The minimum atomic E-state index is 0.140. The Morgan fingerprint density at radius 2 is 2.08 bits per heavy atom. The van der Waals surface area contributed by atoms with Gasteiger partial charge in [0.25, 0.3) is 0 Å². The van der Waals surface area contributed by atoms with Crippen molar-refractivity contribution >= 4 is 11.0 Å². The highest BCUT2D eigenvalue weighted by Crippen LogP contribution is 2.24. The molecule has 0 atom stereocenters. The molecule has 0 saturated carbocycles. The van der Waals surface area contributed by atoms with Crippen molar-refractivity contribution in [2.45, 2.75) is 13.3 Å². The molecule has 0 aliphatic rings. The number of hydrogen-bond acceptors (Lipinski definition) is 2. The van der Waals surface area contributed by atoms with Crippen molar-refractivity contribution in [1.29, 1.82) is 0 Å². The topological polar surface area (TPSA) is 33.4 Å². The normalized spacial score (nSPS) is 10.9. The molecule has 1 aromatic carbocycles. The molecule has 0 aliphatic heterocycles. The summed E-state index contributed by atoms with van der Waals surface area (Å²) in [4.78, 5) is 0. The molecule has 0 unspecified atom stereocenters. The molecule has 0 saturated heterocycles. The first-order valence-electron chi connectivity index (χ1n) is 4.41. The first-order chi connectivity index (χ1) is 6.33. The van der Waals surface area contributed by atoms with Gasteiger partial charge in [-0.3, -0.25) is 0 Å². The number of aliphatic hydroxyl groups is 1. The van der Waals surface area contributed by atoms with E-state index in [9.17, 15) is 0 Å². The molecule has 2 nitrogen and oxygen atoms in total. The Morgan fingerprint density at radius 1 is 1.31 bits per heavy atom. The van der Waals surface area contributed by atoms with Gasteiger partial charge in [-0.25, -0.2) is 0 Å². The van der Waals surface area contributed by atoms with E-state index in [1.807, 2.05) is 31.2 Å². The van der Waals surface area contributed by atoms with E-state index in [0.29, 0.717) is 6.42 Å². The van der Waals surface area contributed by atoms with E-state index < -0.39 is 0 Å². The maximum atomic E-state index is 8.81. The Kier molecular flexibility index (Phi) is 2.07. The van der Waals surface area contributed by atoms with Crippen LogP contribution in [0.1, 0.15) is 11.3 Å². The standard InChI is InChI=1S/C11H12O2/c1-8-9-4-2-3-5-11(9)13-10(8)6-7-12/h2-5,12H,6-7H2,1H3. The molecule has 2 aromatic rings. The molecular weight excluding hydrogens is 164 g/mol. The Labute approximate surface area is 76.8 Å². The Hall–Kier alpha value is -1.28. The van der Waals surface area contributed by atoms with E-state index in [2.05, 4.69) is 0 Å². The predicted molar refractivity (Wildman–Crippen MR) is 51.7 cm³/mol. The minimum absolute atomic E-state index is 0.140. The van der Waals surface area contributed by atoms with Crippen LogP contribution in [0.25, 0.3) is 11.0 Å². The summed E-state index contributed by atoms with van der Waals surface area (Å²) in [6, 6.07) is 7.93. The van der Waals surface area contributed by atoms with Crippen molar-refractivity contribution in [2.24, 2.45) is 0 Å². The van der Waals surface area contributed by atoms with Crippen LogP contribution in [0.2, 0.25) is 0 Å². The second-order valence-electron chi connectivity index (χ2n) is 3.12. The van der Waals surface area contributed by atoms with E-state index >= 15 is 0 Å². The number of fused-ring (bicyclic) bond motifs is 1. The van der Waals surface area contributed by atoms with Crippen molar-refractivity contribution < 1.29 is 9.52 Å². The highest BCUT2D eigenvalue weighted by atomic mass is 16.3. The number of aryl methyl sites for hydroxylation is 1. The molecule has 1 N–H and O–H groups in total. The van der Waals surface area contributed by atoms with Gasteiger partial charge >= 0.3 is 0 Å². The second kappa shape index (κ2) is 3.23. The molecular formula is C11H12O2. The van der Waals surface area contributed by atoms with E-state index in [4.69, 9.17) is 9.52 Å². The zero-order valence-corrected chi connectivity index (χ0v) is 7.58. The van der Waals surface area contributed by atoms with E-state index in [1.165, 1.54) is 0 Å². The van der Waals surface area contributed by atoms with Gasteiger partial charge in [-0.1, -0.05) is 18.2 Å². The monoisotopic (exact) mass is 176 g/mol. The number of hydrogen-bond donors (Lipinski definition) is 1. The lowest BCUT2D eigenvalue weighted by Crippen LogP contribution is -1.89. The summed E-state index contributed by atoms with van der Waals surface area (Å²) < 4.78 is 5.58. The Balaban J connectivity index is 2.60. The van der Waals surface area contributed by atoms with Crippen LogP contribution in [0.3, 0.4) is 0 Å². The lowest BCUT2D eigenvalue weighted by atomic mass is 10.1. The van der Waals surface area contributed by atoms with Crippen LogP contribution in [0.5, 0.6) is 0 Å². The molecule has 1 heterocycles. The van der Waals surface area contributed by atoms with Gasteiger partial charge in [0.2, 0.25) is 0 Å². The average molecular weight is 176 g/mol. The second-order valence-corrected chi connectivity index (χ2v) is 3.12. The van der Waals surface area contributed by atoms with Crippen LogP contribution in [0, 0.1) is 6.92 Å². The van der Waals surface area contributed by atoms with E-state index in [0.717, 1.165) is 22.3 Å².